The lowest BCUT2D eigenvalue weighted by Gasteiger charge is -2.07. The number of carbonyl (C=O) groups excluding carboxylic acids is 1. The van der Waals surface area contributed by atoms with Crippen LogP contribution in [0.5, 0.6) is 0 Å². The van der Waals surface area contributed by atoms with Crippen molar-refractivity contribution in [3.8, 4) is 6.07 Å². The summed E-state index contributed by atoms with van der Waals surface area (Å²) in [6.07, 6.45) is 1.43. The first-order valence-electron chi connectivity index (χ1n) is 7.59. The Morgan fingerprint density at radius 3 is 2.48 bits per heavy atom. The van der Waals surface area contributed by atoms with Gasteiger partial charge in [0.05, 0.1) is 0 Å². The number of benzene rings is 3. The van der Waals surface area contributed by atoms with E-state index in [1.54, 1.807) is 12.1 Å². The maximum Gasteiger partial charge on any atom is 0.267 e. The average Bonchev–Trinajstić information content (AvgIpc) is 2.64. The van der Waals surface area contributed by atoms with Crippen LogP contribution in [0.2, 0.25) is 0 Å². The van der Waals surface area contributed by atoms with Crippen LogP contribution in [0, 0.1) is 11.3 Å². The quantitative estimate of drug-likeness (QED) is 0.482. The fourth-order valence-corrected chi connectivity index (χ4v) is 2.65. The highest BCUT2D eigenvalue weighted by Gasteiger charge is 2.09. The summed E-state index contributed by atoms with van der Waals surface area (Å²) in [5, 5.41) is 17.2. The highest BCUT2D eigenvalue weighted by atomic mass is 79.9. The average molecular weight is 392 g/mol. The van der Waals surface area contributed by atoms with E-state index in [9.17, 15) is 10.1 Å². The molecule has 3 aromatic carbocycles. The first kappa shape index (κ1) is 16.7. The minimum atomic E-state index is -0.461. The van der Waals surface area contributed by atoms with E-state index in [4.69, 9.17) is 0 Å². The van der Waals surface area contributed by atoms with Gasteiger partial charge in [-0.1, -0.05) is 52.3 Å². The van der Waals surface area contributed by atoms with Crippen LogP contribution in [0.15, 0.2) is 83.0 Å². The summed E-state index contributed by atoms with van der Waals surface area (Å²) in [7, 11) is 0. The van der Waals surface area contributed by atoms with Crippen molar-refractivity contribution in [3.63, 3.8) is 0 Å². The van der Waals surface area contributed by atoms with E-state index >= 15 is 0 Å². The van der Waals surface area contributed by atoms with Gasteiger partial charge >= 0.3 is 0 Å². The third kappa shape index (κ3) is 4.06. The van der Waals surface area contributed by atoms with Gasteiger partial charge in [0, 0.05) is 27.4 Å². The first-order chi connectivity index (χ1) is 12.2. The standard InChI is InChI=1S/C20H14BrN3O/c21-16-8-10-17(11-9-16)24-20(25)15(12-22)13-23-19-7-3-5-14-4-1-2-6-18(14)19/h1-11,13,23H,(H,24,25)/b15-13-. The molecule has 0 saturated heterocycles. The Morgan fingerprint density at radius 2 is 1.72 bits per heavy atom. The molecule has 0 aliphatic heterocycles. The first-order valence-corrected chi connectivity index (χ1v) is 8.38. The third-order valence-corrected chi connectivity index (χ3v) is 4.16. The number of nitrogens with zero attached hydrogens (tertiary/aromatic N) is 1. The zero-order chi connectivity index (χ0) is 17.6. The molecule has 0 aliphatic rings. The molecule has 5 heteroatoms. The SMILES string of the molecule is N#C/C(=C/Nc1cccc2ccccc12)C(=O)Nc1ccc(Br)cc1. The molecule has 3 aromatic rings. The van der Waals surface area contributed by atoms with E-state index < -0.39 is 5.91 Å². The zero-order valence-corrected chi connectivity index (χ0v) is 14.7. The van der Waals surface area contributed by atoms with Gasteiger partial charge in [0.25, 0.3) is 5.91 Å². The third-order valence-electron chi connectivity index (χ3n) is 3.63. The Morgan fingerprint density at radius 1 is 1.00 bits per heavy atom. The number of amides is 1. The maximum atomic E-state index is 12.3. The molecule has 4 nitrogen and oxygen atoms in total. The molecule has 0 bridgehead atoms. The predicted molar refractivity (Wildman–Crippen MR) is 104 cm³/mol. The van der Waals surface area contributed by atoms with Crippen molar-refractivity contribution >= 4 is 44.0 Å². The molecule has 0 aliphatic carbocycles. The minimum absolute atomic E-state index is 0.00384. The largest absolute Gasteiger partial charge is 0.360 e. The van der Waals surface area contributed by atoms with Gasteiger partial charge in [0.1, 0.15) is 11.6 Å². The maximum absolute atomic E-state index is 12.3. The van der Waals surface area contributed by atoms with Gasteiger partial charge in [-0.3, -0.25) is 4.79 Å². The summed E-state index contributed by atoms with van der Waals surface area (Å²) in [6, 6.07) is 22.8. The Labute approximate surface area is 153 Å². The normalized spacial score (nSPS) is 11.0. The lowest BCUT2D eigenvalue weighted by atomic mass is 10.1. The highest BCUT2D eigenvalue weighted by molar-refractivity contribution is 9.10. The Bertz CT molecular complexity index is 982. The number of nitrogens with one attached hydrogen (secondary N) is 2. The van der Waals surface area contributed by atoms with Crippen molar-refractivity contribution < 1.29 is 4.79 Å². The number of fused-ring (bicyclic) bond motifs is 1. The van der Waals surface area contributed by atoms with Gasteiger partial charge < -0.3 is 10.6 Å². The lowest BCUT2D eigenvalue weighted by Crippen LogP contribution is -2.14. The topological polar surface area (TPSA) is 64.9 Å². The Hall–Kier alpha value is -3.10. The number of rotatable bonds is 4. The van der Waals surface area contributed by atoms with Crippen molar-refractivity contribution in [2.75, 3.05) is 10.6 Å². The van der Waals surface area contributed by atoms with Crippen molar-refractivity contribution in [1.29, 1.82) is 5.26 Å². The van der Waals surface area contributed by atoms with Crippen molar-refractivity contribution in [1.82, 2.24) is 0 Å². The number of hydrogen-bond acceptors (Lipinski definition) is 3. The van der Waals surface area contributed by atoms with Gasteiger partial charge in [0.15, 0.2) is 0 Å². The van der Waals surface area contributed by atoms with Crippen LogP contribution in [-0.2, 0) is 4.79 Å². The molecule has 0 unspecified atom stereocenters. The van der Waals surface area contributed by atoms with Crippen molar-refractivity contribution in [2.45, 2.75) is 0 Å². The van der Waals surface area contributed by atoms with E-state index in [0.717, 1.165) is 20.9 Å². The van der Waals surface area contributed by atoms with Crippen LogP contribution in [-0.4, -0.2) is 5.91 Å². The molecule has 1 amide bonds. The van der Waals surface area contributed by atoms with E-state index in [1.807, 2.05) is 60.7 Å². The van der Waals surface area contributed by atoms with Gasteiger partial charge in [-0.05, 0) is 35.7 Å². The second-order valence-electron chi connectivity index (χ2n) is 5.30. The van der Waals surface area contributed by atoms with E-state index in [2.05, 4.69) is 26.6 Å². The molecular formula is C20H14BrN3O. The molecule has 3 rings (SSSR count). The van der Waals surface area contributed by atoms with E-state index in [0.29, 0.717) is 5.69 Å². The summed E-state index contributed by atoms with van der Waals surface area (Å²) in [5.41, 5.74) is 1.46. The molecule has 0 atom stereocenters. The van der Waals surface area contributed by atoms with E-state index in [1.165, 1.54) is 6.20 Å². The molecule has 0 radical (unpaired) electrons. The van der Waals surface area contributed by atoms with E-state index in [-0.39, 0.29) is 5.57 Å². The van der Waals surface area contributed by atoms with Crippen LogP contribution in [0.4, 0.5) is 11.4 Å². The van der Waals surface area contributed by atoms with Gasteiger partial charge in [0.2, 0.25) is 0 Å². The fourth-order valence-electron chi connectivity index (χ4n) is 2.38. The minimum Gasteiger partial charge on any atom is -0.360 e. The number of anilines is 2. The smallest absolute Gasteiger partial charge is 0.267 e. The molecule has 122 valence electrons. The van der Waals surface area contributed by atoms with Crippen LogP contribution in [0.25, 0.3) is 10.8 Å². The second-order valence-corrected chi connectivity index (χ2v) is 6.22. The summed E-state index contributed by atoms with van der Waals surface area (Å²) >= 11 is 3.34. The number of nitriles is 1. The Kier molecular flexibility index (Phi) is 5.12. The number of hydrogen-bond donors (Lipinski definition) is 2. The molecular weight excluding hydrogens is 378 g/mol. The summed E-state index contributed by atoms with van der Waals surface area (Å²) < 4.78 is 0.916. The molecule has 25 heavy (non-hydrogen) atoms. The molecule has 0 fully saturated rings. The predicted octanol–water partition coefficient (Wildman–Crippen LogP) is 5.06. The molecule has 0 saturated carbocycles. The fraction of sp³-hybridized carbons (Fsp3) is 0. The molecule has 0 spiro atoms. The Balaban J connectivity index is 1.79. The van der Waals surface area contributed by atoms with Crippen molar-refractivity contribution in [2.24, 2.45) is 0 Å². The summed E-state index contributed by atoms with van der Waals surface area (Å²) in [4.78, 5) is 12.3. The molecule has 0 heterocycles. The van der Waals surface area contributed by atoms with Gasteiger partial charge in [-0.2, -0.15) is 5.26 Å². The van der Waals surface area contributed by atoms with Crippen molar-refractivity contribution in [3.05, 3.63) is 83.0 Å². The monoisotopic (exact) mass is 391 g/mol. The lowest BCUT2D eigenvalue weighted by molar-refractivity contribution is -0.112. The second kappa shape index (κ2) is 7.65. The number of halogens is 1. The van der Waals surface area contributed by atoms with Crippen LogP contribution < -0.4 is 10.6 Å². The van der Waals surface area contributed by atoms with Crippen LogP contribution >= 0.6 is 15.9 Å². The van der Waals surface area contributed by atoms with Crippen LogP contribution in [0.1, 0.15) is 0 Å². The molecule has 2 N–H and O–H groups in total. The van der Waals surface area contributed by atoms with Gasteiger partial charge in [-0.15, -0.1) is 0 Å². The number of carbonyl (C=O) groups is 1. The van der Waals surface area contributed by atoms with Crippen LogP contribution in [0.3, 0.4) is 0 Å². The van der Waals surface area contributed by atoms with Gasteiger partial charge in [-0.25, -0.2) is 0 Å². The zero-order valence-electron chi connectivity index (χ0n) is 13.2. The highest BCUT2D eigenvalue weighted by Crippen LogP contribution is 2.23. The summed E-state index contributed by atoms with van der Waals surface area (Å²) in [6.45, 7) is 0. The molecule has 0 aromatic heterocycles. The summed E-state index contributed by atoms with van der Waals surface area (Å²) in [5.74, 6) is -0.461.